The number of nitrogens with zero attached hydrogens (tertiary/aromatic N) is 1. The molecule has 0 spiro atoms. The molecule has 0 fully saturated rings. The van der Waals surface area contributed by atoms with Crippen LogP contribution in [0.3, 0.4) is 0 Å². The Morgan fingerprint density at radius 3 is 2.32 bits per heavy atom. The Labute approximate surface area is 118 Å². The molecule has 1 atom stereocenters. The lowest BCUT2D eigenvalue weighted by Crippen LogP contribution is -3.06. The molecule has 0 aromatic carbocycles. The zero-order valence-corrected chi connectivity index (χ0v) is 12.8. The molecule has 112 valence electrons. The van der Waals surface area contributed by atoms with Crippen molar-refractivity contribution >= 4 is 5.97 Å². The van der Waals surface area contributed by atoms with E-state index in [9.17, 15) is 9.90 Å². The van der Waals surface area contributed by atoms with Gasteiger partial charge in [0.1, 0.15) is 6.20 Å². The first-order chi connectivity index (χ1) is 9.13. The molecular formula is C15H30N2O2. The lowest BCUT2D eigenvalue weighted by Gasteiger charge is -2.12. The first-order valence-electron chi connectivity index (χ1n) is 7.60. The van der Waals surface area contributed by atoms with Gasteiger partial charge in [-0.25, -0.2) is 0 Å². The van der Waals surface area contributed by atoms with E-state index < -0.39 is 5.97 Å². The maximum Gasteiger partial charge on any atom is 0.156 e. The van der Waals surface area contributed by atoms with Crippen molar-refractivity contribution in [1.82, 2.24) is 4.90 Å². The van der Waals surface area contributed by atoms with Crippen LogP contribution in [0.5, 0.6) is 0 Å². The molecule has 0 saturated carbocycles. The van der Waals surface area contributed by atoms with Crippen LogP contribution in [0.4, 0.5) is 0 Å². The Morgan fingerprint density at radius 1 is 1.21 bits per heavy atom. The SMILES string of the molecule is CCCCCCCC(=O)[O-].CCN1C=C[NH+](CC)C1. The Bertz CT molecular complexity index is 243. The fraction of sp³-hybridized carbons (Fsp3) is 0.800. The zero-order valence-electron chi connectivity index (χ0n) is 12.8. The summed E-state index contributed by atoms with van der Waals surface area (Å²) in [5.74, 6) is -0.920. The van der Waals surface area contributed by atoms with Crippen molar-refractivity contribution in [3.8, 4) is 0 Å². The molecule has 0 aromatic heterocycles. The predicted octanol–water partition coefficient (Wildman–Crippen LogP) is 0.752. The van der Waals surface area contributed by atoms with Gasteiger partial charge in [0.05, 0.1) is 12.7 Å². The highest BCUT2D eigenvalue weighted by Gasteiger charge is 2.11. The number of carbonyl (C=O) groups excluding carboxylic acids is 1. The van der Waals surface area contributed by atoms with Crippen molar-refractivity contribution < 1.29 is 14.8 Å². The lowest BCUT2D eigenvalue weighted by molar-refractivity contribution is -0.846. The number of carboxylic acids is 1. The van der Waals surface area contributed by atoms with E-state index in [1.807, 2.05) is 0 Å². The van der Waals surface area contributed by atoms with Crippen LogP contribution < -0.4 is 10.0 Å². The largest absolute Gasteiger partial charge is 0.550 e. The van der Waals surface area contributed by atoms with E-state index in [4.69, 9.17) is 0 Å². The fourth-order valence-electron chi connectivity index (χ4n) is 1.90. The van der Waals surface area contributed by atoms with Crippen molar-refractivity contribution in [2.75, 3.05) is 19.8 Å². The third-order valence-electron chi connectivity index (χ3n) is 3.27. The number of carbonyl (C=O) groups is 1. The van der Waals surface area contributed by atoms with Gasteiger partial charge < -0.3 is 14.8 Å². The van der Waals surface area contributed by atoms with Crippen LogP contribution in [0, 0.1) is 0 Å². The van der Waals surface area contributed by atoms with E-state index in [0.717, 1.165) is 32.5 Å². The molecule has 4 nitrogen and oxygen atoms in total. The standard InChI is InChI=1S/C8H16O2.C7H14N2/c1-2-3-4-5-6-7-8(9)10;1-3-8-5-6-9(4-2)7-8/h2-7H2,1H3,(H,9,10);5-6H,3-4,7H2,1-2H3. The van der Waals surface area contributed by atoms with Crippen LogP contribution in [0.15, 0.2) is 12.4 Å². The average Bonchev–Trinajstić information content (AvgIpc) is 2.87. The third-order valence-corrected chi connectivity index (χ3v) is 3.27. The predicted molar refractivity (Wildman–Crippen MR) is 76.3 cm³/mol. The zero-order chi connectivity index (χ0) is 14.5. The van der Waals surface area contributed by atoms with Crippen molar-refractivity contribution in [2.45, 2.75) is 59.3 Å². The van der Waals surface area contributed by atoms with Gasteiger partial charge in [0, 0.05) is 12.5 Å². The molecule has 1 heterocycles. The van der Waals surface area contributed by atoms with Crippen molar-refractivity contribution in [3.05, 3.63) is 12.4 Å². The molecule has 19 heavy (non-hydrogen) atoms. The van der Waals surface area contributed by atoms with Crippen LogP contribution in [-0.4, -0.2) is 30.6 Å². The monoisotopic (exact) mass is 270 g/mol. The summed E-state index contributed by atoms with van der Waals surface area (Å²) in [6.07, 6.45) is 10.0. The summed E-state index contributed by atoms with van der Waals surface area (Å²) in [6.45, 7) is 10.0. The summed E-state index contributed by atoms with van der Waals surface area (Å²) >= 11 is 0. The highest BCUT2D eigenvalue weighted by atomic mass is 16.4. The van der Waals surface area contributed by atoms with E-state index >= 15 is 0 Å². The highest BCUT2D eigenvalue weighted by Crippen LogP contribution is 2.03. The van der Waals surface area contributed by atoms with Crippen LogP contribution in [0.1, 0.15) is 59.3 Å². The number of carboxylic acid groups (broad SMARTS) is 1. The van der Waals surface area contributed by atoms with Crippen molar-refractivity contribution in [2.24, 2.45) is 0 Å². The maximum absolute atomic E-state index is 9.92. The van der Waals surface area contributed by atoms with Crippen LogP contribution >= 0.6 is 0 Å². The van der Waals surface area contributed by atoms with Gasteiger partial charge in [-0.2, -0.15) is 0 Å². The highest BCUT2D eigenvalue weighted by molar-refractivity contribution is 5.63. The first kappa shape index (κ1) is 18.0. The van der Waals surface area contributed by atoms with Gasteiger partial charge in [-0.15, -0.1) is 0 Å². The van der Waals surface area contributed by atoms with Crippen molar-refractivity contribution in [1.29, 1.82) is 0 Å². The number of nitrogens with one attached hydrogen (secondary N) is 1. The summed E-state index contributed by atoms with van der Waals surface area (Å²) in [4.78, 5) is 13.8. The van der Waals surface area contributed by atoms with E-state index in [1.54, 1.807) is 4.90 Å². The van der Waals surface area contributed by atoms with Crippen LogP contribution in [-0.2, 0) is 4.79 Å². The Balaban J connectivity index is 0.000000342. The molecule has 0 aliphatic carbocycles. The second-order valence-electron chi connectivity index (χ2n) is 4.93. The van der Waals surface area contributed by atoms with Crippen LogP contribution in [0.25, 0.3) is 0 Å². The van der Waals surface area contributed by atoms with Gasteiger partial charge in [-0.05, 0) is 26.7 Å². The van der Waals surface area contributed by atoms with Gasteiger partial charge in [0.15, 0.2) is 6.67 Å². The molecule has 4 heteroatoms. The minimum Gasteiger partial charge on any atom is -0.550 e. The Hall–Kier alpha value is -1.03. The second kappa shape index (κ2) is 12.0. The summed E-state index contributed by atoms with van der Waals surface area (Å²) in [5.41, 5.74) is 0. The first-order valence-corrected chi connectivity index (χ1v) is 7.60. The molecule has 0 amide bonds. The summed E-state index contributed by atoms with van der Waals surface area (Å²) in [7, 11) is 0. The molecule has 1 unspecified atom stereocenters. The van der Waals surface area contributed by atoms with Gasteiger partial charge in [0.25, 0.3) is 0 Å². The van der Waals surface area contributed by atoms with E-state index in [1.165, 1.54) is 19.4 Å². The number of hydrogen-bond donors (Lipinski definition) is 1. The molecule has 0 radical (unpaired) electrons. The number of aliphatic carboxylic acids is 1. The molecule has 0 bridgehead atoms. The second-order valence-corrected chi connectivity index (χ2v) is 4.93. The quantitative estimate of drug-likeness (QED) is 0.662. The molecule has 1 N–H and O–H groups in total. The number of quaternary nitrogens is 1. The third kappa shape index (κ3) is 10.6. The van der Waals surface area contributed by atoms with Crippen molar-refractivity contribution in [3.63, 3.8) is 0 Å². The maximum atomic E-state index is 9.92. The lowest BCUT2D eigenvalue weighted by atomic mass is 10.1. The Kier molecular flexibility index (Phi) is 11.4. The van der Waals surface area contributed by atoms with E-state index in [0.29, 0.717) is 0 Å². The normalized spacial score (nSPS) is 17.2. The smallest absolute Gasteiger partial charge is 0.156 e. The van der Waals surface area contributed by atoms with E-state index in [2.05, 4.69) is 38.1 Å². The number of hydrogen-bond acceptors (Lipinski definition) is 3. The molecule has 0 aromatic rings. The van der Waals surface area contributed by atoms with Gasteiger partial charge >= 0.3 is 0 Å². The molecule has 1 aliphatic rings. The Morgan fingerprint density at radius 2 is 1.89 bits per heavy atom. The topological polar surface area (TPSA) is 47.8 Å². The summed E-state index contributed by atoms with van der Waals surface area (Å²) < 4.78 is 0. The molecule has 0 saturated heterocycles. The number of unbranched alkanes of at least 4 members (excludes halogenated alkanes) is 4. The minimum atomic E-state index is -0.920. The van der Waals surface area contributed by atoms with Crippen LogP contribution in [0.2, 0.25) is 0 Å². The van der Waals surface area contributed by atoms with E-state index in [-0.39, 0.29) is 6.42 Å². The summed E-state index contributed by atoms with van der Waals surface area (Å²) in [6, 6.07) is 0. The van der Waals surface area contributed by atoms with Gasteiger partial charge in [0.2, 0.25) is 0 Å². The molecule has 1 aliphatic heterocycles. The fourth-order valence-corrected chi connectivity index (χ4v) is 1.90. The van der Waals surface area contributed by atoms with Gasteiger partial charge in [-0.3, -0.25) is 4.90 Å². The molecular weight excluding hydrogens is 240 g/mol. The average molecular weight is 270 g/mol. The number of rotatable bonds is 8. The summed E-state index contributed by atoms with van der Waals surface area (Å²) in [5, 5.41) is 9.92. The minimum absolute atomic E-state index is 0.226. The van der Waals surface area contributed by atoms with Gasteiger partial charge in [-0.1, -0.05) is 32.6 Å². The molecule has 1 rings (SSSR count).